The zero-order valence-corrected chi connectivity index (χ0v) is 14.0. The number of carbonyl (C=O) groups excluding carboxylic acids is 2. The molecule has 0 atom stereocenters. The number of benzene rings is 2. The van der Waals surface area contributed by atoms with Crippen LogP contribution in [0.4, 0.5) is 5.69 Å². The van der Waals surface area contributed by atoms with Gasteiger partial charge in [-0.05, 0) is 42.5 Å². The molecule has 0 aliphatic carbocycles. The van der Waals surface area contributed by atoms with Crippen LogP contribution >= 0.6 is 11.6 Å². The Balaban J connectivity index is 2.30. The van der Waals surface area contributed by atoms with E-state index in [0.717, 1.165) is 5.06 Å². The number of carbonyl (C=O) groups is 2. The van der Waals surface area contributed by atoms with Gasteiger partial charge in [0.05, 0.1) is 13.7 Å². The monoisotopic (exact) mass is 348 g/mol. The van der Waals surface area contributed by atoms with E-state index in [4.69, 9.17) is 26.9 Å². The first-order valence-corrected chi connectivity index (χ1v) is 7.47. The first-order valence-electron chi connectivity index (χ1n) is 7.09. The van der Waals surface area contributed by atoms with E-state index in [9.17, 15) is 9.59 Å². The molecule has 7 heteroatoms. The number of hydroxylamine groups is 2. The Kier molecular flexibility index (Phi) is 5.65. The topological polar surface area (TPSA) is 81.9 Å². The summed E-state index contributed by atoms with van der Waals surface area (Å²) in [6.45, 7) is 1.21. The molecule has 0 aliphatic heterocycles. The lowest BCUT2D eigenvalue weighted by atomic mass is 10.1. The van der Waals surface area contributed by atoms with E-state index in [-0.39, 0.29) is 6.54 Å². The minimum Gasteiger partial charge on any atom is -0.497 e. The lowest BCUT2D eigenvalue weighted by molar-refractivity contribution is -0.177. The van der Waals surface area contributed by atoms with Crippen LogP contribution in [0.1, 0.15) is 22.8 Å². The van der Waals surface area contributed by atoms with Crippen molar-refractivity contribution in [2.45, 2.75) is 13.5 Å². The number of hydrogen-bond acceptors (Lipinski definition) is 5. The molecule has 0 bridgehead atoms. The van der Waals surface area contributed by atoms with Gasteiger partial charge in [-0.25, -0.2) is 0 Å². The molecule has 0 spiro atoms. The highest BCUT2D eigenvalue weighted by Gasteiger charge is 2.21. The Morgan fingerprint density at radius 1 is 1.17 bits per heavy atom. The molecule has 24 heavy (non-hydrogen) atoms. The van der Waals surface area contributed by atoms with Gasteiger partial charge in [0.2, 0.25) is 0 Å². The first-order chi connectivity index (χ1) is 11.4. The van der Waals surface area contributed by atoms with Crippen LogP contribution in [0.5, 0.6) is 5.75 Å². The number of methoxy groups -OCH3 is 1. The van der Waals surface area contributed by atoms with Gasteiger partial charge in [0.15, 0.2) is 0 Å². The van der Waals surface area contributed by atoms with Crippen LogP contribution in [0.15, 0.2) is 42.5 Å². The number of hydrogen-bond donors (Lipinski definition) is 1. The van der Waals surface area contributed by atoms with Crippen molar-refractivity contribution in [2.24, 2.45) is 0 Å². The standard InChI is InChI=1S/C17H17ClN2O4/c1-11(21)24-20(17(22)12-3-5-14(18)6-4-12)10-13-9-15(23-2)7-8-16(13)19/h3-9H,10,19H2,1-2H3. The highest BCUT2D eigenvalue weighted by molar-refractivity contribution is 6.30. The van der Waals surface area contributed by atoms with Gasteiger partial charge in [-0.2, -0.15) is 5.06 Å². The van der Waals surface area contributed by atoms with Crippen LogP contribution in [0, 0.1) is 0 Å². The first kappa shape index (κ1) is 17.6. The van der Waals surface area contributed by atoms with Crippen LogP contribution in [0.2, 0.25) is 5.02 Å². The molecule has 0 aromatic heterocycles. The highest BCUT2D eigenvalue weighted by Crippen LogP contribution is 2.22. The molecule has 0 unspecified atom stereocenters. The van der Waals surface area contributed by atoms with Crippen molar-refractivity contribution in [3.8, 4) is 5.75 Å². The summed E-state index contributed by atoms with van der Waals surface area (Å²) in [5, 5.41) is 1.46. The number of halogens is 1. The maximum atomic E-state index is 12.6. The second kappa shape index (κ2) is 7.70. The van der Waals surface area contributed by atoms with Gasteiger partial charge < -0.3 is 15.3 Å². The van der Waals surface area contributed by atoms with Crippen LogP contribution in [-0.4, -0.2) is 24.0 Å². The zero-order chi connectivity index (χ0) is 17.7. The van der Waals surface area contributed by atoms with Crippen molar-refractivity contribution in [3.63, 3.8) is 0 Å². The maximum Gasteiger partial charge on any atom is 0.329 e. The molecule has 0 radical (unpaired) electrons. The second-order valence-corrected chi connectivity index (χ2v) is 5.43. The molecule has 2 N–H and O–H groups in total. The Morgan fingerprint density at radius 2 is 1.83 bits per heavy atom. The Labute approximate surface area is 144 Å². The van der Waals surface area contributed by atoms with Crippen molar-refractivity contribution < 1.29 is 19.2 Å². The Morgan fingerprint density at radius 3 is 2.42 bits per heavy atom. The Hall–Kier alpha value is -2.73. The summed E-state index contributed by atoms with van der Waals surface area (Å²) >= 11 is 5.82. The number of amides is 1. The molecule has 0 heterocycles. The predicted octanol–water partition coefficient (Wildman–Crippen LogP) is 3.05. The maximum absolute atomic E-state index is 12.6. The van der Waals surface area contributed by atoms with E-state index in [0.29, 0.717) is 27.6 Å². The van der Waals surface area contributed by atoms with Crippen molar-refractivity contribution in [1.82, 2.24) is 5.06 Å². The van der Waals surface area contributed by atoms with Gasteiger partial charge in [0.25, 0.3) is 5.91 Å². The van der Waals surface area contributed by atoms with Crippen LogP contribution in [0.25, 0.3) is 0 Å². The van der Waals surface area contributed by atoms with Crippen LogP contribution in [-0.2, 0) is 16.2 Å². The molecule has 2 aromatic carbocycles. The minimum absolute atomic E-state index is 0.00985. The molecule has 0 saturated carbocycles. The summed E-state index contributed by atoms with van der Waals surface area (Å²) in [6, 6.07) is 11.3. The smallest absolute Gasteiger partial charge is 0.329 e. The molecule has 2 rings (SSSR count). The lowest BCUT2D eigenvalue weighted by Gasteiger charge is -2.21. The summed E-state index contributed by atoms with van der Waals surface area (Å²) in [5.41, 5.74) is 7.32. The molecule has 0 saturated heterocycles. The lowest BCUT2D eigenvalue weighted by Crippen LogP contribution is -2.32. The summed E-state index contributed by atoms with van der Waals surface area (Å²) < 4.78 is 5.15. The normalized spacial score (nSPS) is 10.1. The minimum atomic E-state index is -0.612. The van der Waals surface area contributed by atoms with Gasteiger partial charge in [-0.1, -0.05) is 11.6 Å². The highest BCUT2D eigenvalue weighted by atomic mass is 35.5. The van der Waals surface area contributed by atoms with Crippen molar-refractivity contribution in [3.05, 3.63) is 58.6 Å². The number of anilines is 1. The molecule has 0 aliphatic rings. The van der Waals surface area contributed by atoms with Gasteiger partial charge in [-0.15, -0.1) is 0 Å². The summed E-state index contributed by atoms with van der Waals surface area (Å²) in [4.78, 5) is 29.0. The van der Waals surface area contributed by atoms with E-state index in [1.54, 1.807) is 42.5 Å². The number of rotatable bonds is 4. The Bertz CT molecular complexity index is 747. The second-order valence-electron chi connectivity index (χ2n) is 5.00. The molecule has 126 valence electrons. The van der Waals surface area contributed by atoms with Crippen molar-refractivity contribution >= 4 is 29.2 Å². The van der Waals surface area contributed by atoms with E-state index in [2.05, 4.69) is 0 Å². The molecular formula is C17H17ClN2O4. The van der Waals surface area contributed by atoms with Crippen LogP contribution in [0.3, 0.4) is 0 Å². The summed E-state index contributed by atoms with van der Waals surface area (Å²) in [6.07, 6.45) is 0. The quantitative estimate of drug-likeness (QED) is 0.678. The van der Waals surface area contributed by atoms with E-state index < -0.39 is 11.9 Å². The number of nitrogens with two attached hydrogens (primary N) is 1. The van der Waals surface area contributed by atoms with Gasteiger partial charge in [0.1, 0.15) is 5.75 Å². The van der Waals surface area contributed by atoms with E-state index >= 15 is 0 Å². The molecule has 2 aromatic rings. The third kappa shape index (κ3) is 4.39. The third-order valence-corrected chi connectivity index (χ3v) is 3.47. The fourth-order valence-electron chi connectivity index (χ4n) is 2.04. The van der Waals surface area contributed by atoms with E-state index in [1.165, 1.54) is 14.0 Å². The molecule has 0 fully saturated rings. The van der Waals surface area contributed by atoms with Crippen LogP contribution < -0.4 is 10.5 Å². The fraction of sp³-hybridized carbons (Fsp3) is 0.176. The SMILES string of the molecule is COc1ccc(N)c(CN(OC(C)=O)C(=O)c2ccc(Cl)cc2)c1. The fourth-order valence-corrected chi connectivity index (χ4v) is 2.16. The number of nitrogens with zero attached hydrogens (tertiary/aromatic N) is 1. The third-order valence-electron chi connectivity index (χ3n) is 3.22. The van der Waals surface area contributed by atoms with E-state index in [1.807, 2.05) is 0 Å². The van der Waals surface area contributed by atoms with Gasteiger partial charge in [0, 0.05) is 28.8 Å². The average Bonchev–Trinajstić information content (AvgIpc) is 2.55. The predicted molar refractivity (Wildman–Crippen MR) is 90.5 cm³/mol. The molecular weight excluding hydrogens is 332 g/mol. The average molecular weight is 349 g/mol. The zero-order valence-electron chi connectivity index (χ0n) is 13.3. The molecule has 6 nitrogen and oxygen atoms in total. The summed E-state index contributed by atoms with van der Waals surface area (Å²) in [7, 11) is 1.53. The number of ether oxygens (including phenoxy) is 1. The van der Waals surface area contributed by atoms with Crippen molar-refractivity contribution in [1.29, 1.82) is 0 Å². The van der Waals surface area contributed by atoms with Crippen molar-refractivity contribution in [2.75, 3.05) is 12.8 Å². The largest absolute Gasteiger partial charge is 0.497 e. The number of nitrogen functional groups attached to an aromatic ring is 1. The molecule has 1 amide bonds. The summed E-state index contributed by atoms with van der Waals surface area (Å²) in [5.74, 6) is -0.510. The van der Waals surface area contributed by atoms with Gasteiger partial charge in [-0.3, -0.25) is 9.59 Å². The van der Waals surface area contributed by atoms with Gasteiger partial charge >= 0.3 is 5.97 Å².